The van der Waals surface area contributed by atoms with E-state index in [9.17, 15) is 27.9 Å². The molecule has 0 aromatic heterocycles. The highest BCUT2D eigenvalue weighted by molar-refractivity contribution is 5.86. The fourth-order valence-electron chi connectivity index (χ4n) is 2.67. The summed E-state index contributed by atoms with van der Waals surface area (Å²) in [6.45, 7) is 2.68. The van der Waals surface area contributed by atoms with Crippen LogP contribution in [0.2, 0.25) is 0 Å². The van der Waals surface area contributed by atoms with Crippen LogP contribution in [0.15, 0.2) is 24.3 Å². The van der Waals surface area contributed by atoms with Gasteiger partial charge >= 0.3 is 12.2 Å². The van der Waals surface area contributed by atoms with E-state index in [0.29, 0.717) is 5.56 Å². The quantitative estimate of drug-likeness (QED) is 0.778. The van der Waals surface area contributed by atoms with Gasteiger partial charge in [-0.15, -0.1) is 0 Å². The highest BCUT2D eigenvalue weighted by Crippen LogP contribution is 2.42. The van der Waals surface area contributed by atoms with Crippen molar-refractivity contribution >= 4 is 11.8 Å². The Morgan fingerprint density at radius 2 is 2.00 bits per heavy atom. The maximum atomic E-state index is 13.2. The number of rotatable bonds is 2. The van der Waals surface area contributed by atoms with Crippen LogP contribution in [0.5, 0.6) is 0 Å². The Morgan fingerprint density at radius 1 is 1.36 bits per heavy atom. The third-order valence-corrected chi connectivity index (χ3v) is 3.65. The lowest BCUT2D eigenvalue weighted by molar-refractivity contribution is -0.290. The molecule has 1 fully saturated rings. The first-order valence-electron chi connectivity index (χ1n) is 6.51. The molecule has 1 aromatic carbocycles. The number of amides is 2. The van der Waals surface area contributed by atoms with E-state index >= 15 is 0 Å². The highest BCUT2D eigenvalue weighted by Gasteiger charge is 2.65. The molecule has 22 heavy (non-hydrogen) atoms. The number of Topliss-reactive ketones (excluding diaryl/α,β-unsaturated/α-hetero) is 1. The normalized spacial score (nSPS) is 28.7. The number of ketones is 1. The van der Waals surface area contributed by atoms with Gasteiger partial charge in [-0.3, -0.25) is 4.79 Å². The van der Waals surface area contributed by atoms with E-state index in [1.165, 1.54) is 11.4 Å². The van der Waals surface area contributed by atoms with Gasteiger partial charge in [0.1, 0.15) is 5.78 Å². The van der Waals surface area contributed by atoms with Crippen molar-refractivity contribution in [1.29, 1.82) is 0 Å². The number of halogens is 3. The van der Waals surface area contributed by atoms with Crippen molar-refractivity contribution in [3.05, 3.63) is 35.4 Å². The van der Waals surface area contributed by atoms with Crippen molar-refractivity contribution in [3.63, 3.8) is 0 Å². The monoisotopic (exact) mass is 316 g/mol. The lowest BCUT2D eigenvalue weighted by atomic mass is 9.79. The topological polar surface area (TPSA) is 78.4 Å². The first-order valence-corrected chi connectivity index (χ1v) is 6.51. The third kappa shape index (κ3) is 2.66. The van der Waals surface area contributed by atoms with Crippen LogP contribution in [0.25, 0.3) is 0 Å². The van der Waals surface area contributed by atoms with Gasteiger partial charge in [0.05, 0.1) is 12.0 Å². The van der Waals surface area contributed by atoms with Gasteiger partial charge in [0.15, 0.2) is 0 Å². The SMILES string of the molecule is CC(=O)[C@@H]1[C@H](c2cccc(C)c2)NC(=O)N[C@@]1(O)C(F)(F)F. The van der Waals surface area contributed by atoms with Crippen molar-refractivity contribution < 1.29 is 27.9 Å². The maximum absolute atomic E-state index is 13.2. The Balaban J connectivity index is 2.57. The zero-order valence-electron chi connectivity index (χ0n) is 11.9. The largest absolute Gasteiger partial charge is 0.437 e. The van der Waals surface area contributed by atoms with Gasteiger partial charge in [0.2, 0.25) is 5.72 Å². The predicted octanol–water partition coefficient (Wildman–Crippen LogP) is 1.81. The minimum Gasteiger partial charge on any atom is -0.363 e. The number of alkyl halides is 3. The van der Waals surface area contributed by atoms with E-state index in [1.807, 2.05) is 0 Å². The number of hydrogen-bond acceptors (Lipinski definition) is 3. The number of aliphatic hydroxyl groups is 1. The zero-order valence-corrected chi connectivity index (χ0v) is 11.9. The molecular weight excluding hydrogens is 301 g/mol. The summed E-state index contributed by atoms with van der Waals surface area (Å²) < 4.78 is 39.7. The summed E-state index contributed by atoms with van der Waals surface area (Å²) in [4.78, 5) is 23.4. The summed E-state index contributed by atoms with van der Waals surface area (Å²) in [5, 5.41) is 13.7. The van der Waals surface area contributed by atoms with Gasteiger partial charge in [-0.05, 0) is 19.4 Å². The minimum atomic E-state index is -5.19. The summed E-state index contributed by atoms with van der Waals surface area (Å²) in [5.41, 5.74) is -2.55. The number of nitrogens with one attached hydrogen (secondary N) is 2. The van der Waals surface area contributed by atoms with Crippen molar-refractivity contribution in [2.75, 3.05) is 0 Å². The van der Waals surface area contributed by atoms with E-state index in [0.717, 1.165) is 12.5 Å². The standard InChI is InChI=1S/C14H15F3N2O3/c1-7-4-3-5-9(6-7)11-10(8(2)20)13(22,14(15,16)17)19-12(21)18-11/h3-6,10-11,22H,1-2H3,(H2,18,19,21)/t10-,11+,13+/m1/s1. The average molecular weight is 316 g/mol. The Hall–Kier alpha value is -2.09. The van der Waals surface area contributed by atoms with Gasteiger partial charge in [0.25, 0.3) is 0 Å². The Morgan fingerprint density at radius 3 is 2.50 bits per heavy atom. The summed E-state index contributed by atoms with van der Waals surface area (Å²) in [7, 11) is 0. The Labute approximate surface area is 124 Å². The average Bonchev–Trinajstić information content (AvgIpc) is 2.35. The smallest absolute Gasteiger partial charge is 0.363 e. The molecule has 0 bridgehead atoms. The van der Waals surface area contributed by atoms with Crippen LogP contribution in [0.3, 0.4) is 0 Å². The van der Waals surface area contributed by atoms with Crippen LogP contribution in [0.1, 0.15) is 24.1 Å². The molecule has 0 radical (unpaired) electrons. The lowest BCUT2D eigenvalue weighted by Gasteiger charge is -2.44. The summed E-state index contributed by atoms with van der Waals surface area (Å²) in [6.07, 6.45) is -5.19. The first-order chi connectivity index (χ1) is 10.1. The fourth-order valence-corrected chi connectivity index (χ4v) is 2.67. The molecule has 0 saturated carbocycles. The second-order valence-corrected chi connectivity index (χ2v) is 5.34. The predicted molar refractivity (Wildman–Crippen MR) is 70.8 cm³/mol. The maximum Gasteiger partial charge on any atom is 0.437 e. The molecule has 8 heteroatoms. The molecule has 120 valence electrons. The molecule has 1 aliphatic rings. The third-order valence-electron chi connectivity index (χ3n) is 3.65. The number of carbonyl (C=O) groups is 2. The number of hydrogen-bond donors (Lipinski definition) is 3. The van der Waals surface area contributed by atoms with Crippen molar-refractivity contribution in [2.45, 2.75) is 31.8 Å². The molecule has 3 N–H and O–H groups in total. The molecule has 1 aliphatic heterocycles. The van der Waals surface area contributed by atoms with Crippen molar-refractivity contribution in [2.24, 2.45) is 5.92 Å². The summed E-state index contributed by atoms with van der Waals surface area (Å²) in [6, 6.07) is 3.91. The molecule has 0 unspecified atom stereocenters. The van der Waals surface area contributed by atoms with E-state index in [4.69, 9.17) is 0 Å². The minimum absolute atomic E-state index is 0.317. The van der Waals surface area contributed by atoms with Crippen LogP contribution in [0, 0.1) is 12.8 Å². The second-order valence-electron chi connectivity index (χ2n) is 5.34. The zero-order chi connectivity index (χ0) is 16.7. The van der Waals surface area contributed by atoms with E-state index in [-0.39, 0.29) is 0 Å². The lowest BCUT2D eigenvalue weighted by Crippen LogP contribution is -2.72. The van der Waals surface area contributed by atoms with Crippen molar-refractivity contribution in [3.8, 4) is 0 Å². The van der Waals surface area contributed by atoms with Crippen LogP contribution in [0.4, 0.5) is 18.0 Å². The van der Waals surface area contributed by atoms with Gasteiger partial charge in [0, 0.05) is 0 Å². The first kappa shape index (κ1) is 16.3. The molecule has 1 saturated heterocycles. The van der Waals surface area contributed by atoms with E-state index < -0.39 is 35.7 Å². The highest BCUT2D eigenvalue weighted by atomic mass is 19.4. The number of urea groups is 1. The van der Waals surface area contributed by atoms with Crippen LogP contribution in [-0.2, 0) is 4.79 Å². The van der Waals surface area contributed by atoms with Gasteiger partial charge in [-0.25, -0.2) is 4.79 Å². The van der Waals surface area contributed by atoms with Crippen molar-refractivity contribution in [1.82, 2.24) is 10.6 Å². The molecule has 5 nitrogen and oxygen atoms in total. The Bertz CT molecular complexity index is 618. The van der Waals surface area contributed by atoms with Gasteiger partial charge in [-0.2, -0.15) is 13.2 Å². The summed E-state index contributed by atoms with van der Waals surface area (Å²) >= 11 is 0. The van der Waals surface area contributed by atoms with E-state index in [2.05, 4.69) is 5.32 Å². The second kappa shape index (κ2) is 5.28. The Kier molecular flexibility index (Phi) is 3.90. The fraction of sp³-hybridized carbons (Fsp3) is 0.429. The van der Waals surface area contributed by atoms with Crippen LogP contribution >= 0.6 is 0 Å². The van der Waals surface area contributed by atoms with Gasteiger partial charge < -0.3 is 15.7 Å². The number of benzene rings is 1. The van der Waals surface area contributed by atoms with Crippen LogP contribution in [-0.4, -0.2) is 28.8 Å². The number of aryl methyl sites for hydroxylation is 1. The van der Waals surface area contributed by atoms with Gasteiger partial charge in [-0.1, -0.05) is 29.8 Å². The number of carbonyl (C=O) groups excluding carboxylic acids is 2. The molecule has 1 aromatic rings. The molecule has 2 rings (SSSR count). The molecular formula is C14H15F3N2O3. The molecule has 0 aliphatic carbocycles. The molecule has 1 heterocycles. The summed E-state index contributed by atoms with van der Waals surface area (Å²) in [5.74, 6) is -2.79. The molecule has 0 spiro atoms. The molecule has 3 atom stereocenters. The van der Waals surface area contributed by atoms with Crippen LogP contribution < -0.4 is 10.6 Å². The molecule has 2 amide bonds. The van der Waals surface area contributed by atoms with E-state index in [1.54, 1.807) is 25.1 Å².